The molecule has 22 heavy (non-hydrogen) atoms. The molecule has 0 aliphatic carbocycles. The first-order valence-electron chi connectivity index (χ1n) is 6.87. The van der Waals surface area contributed by atoms with Crippen molar-refractivity contribution >= 4 is 41.9 Å². The molecule has 1 aliphatic rings. The minimum Gasteiger partial charge on any atom is -0.264 e. The van der Waals surface area contributed by atoms with Crippen LogP contribution in [0.2, 0.25) is 0 Å². The molecule has 2 heterocycles. The average molecular weight is 446 g/mol. The molecule has 1 fully saturated rings. The number of halogens is 2. The van der Waals surface area contributed by atoms with Gasteiger partial charge in [-0.25, -0.2) is 8.42 Å². The SMILES string of the molecule is O=S(=O)(c1cc(Br)ccc1Br)N1CCC[C@@H]1c1cccnc1. The van der Waals surface area contributed by atoms with Crippen molar-refractivity contribution in [2.45, 2.75) is 23.8 Å². The Morgan fingerprint density at radius 1 is 1.23 bits per heavy atom. The second-order valence-electron chi connectivity index (χ2n) is 5.13. The molecule has 1 atom stereocenters. The summed E-state index contributed by atoms with van der Waals surface area (Å²) < 4.78 is 29.0. The Labute approximate surface area is 146 Å². The second kappa shape index (κ2) is 6.39. The zero-order chi connectivity index (χ0) is 15.7. The van der Waals surface area contributed by atoms with Gasteiger partial charge in [0.15, 0.2) is 0 Å². The van der Waals surface area contributed by atoms with E-state index in [0.29, 0.717) is 11.0 Å². The van der Waals surface area contributed by atoms with Crippen molar-refractivity contribution in [1.29, 1.82) is 0 Å². The Morgan fingerprint density at radius 3 is 2.77 bits per heavy atom. The molecular weight excluding hydrogens is 432 g/mol. The third kappa shape index (κ3) is 2.99. The van der Waals surface area contributed by atoms with Crippen LogP contribution < -0.4 is 0 Å². The first-order valence-corrected chi connectivity index (χ1v) is 9.89. The summed E-state index contributed by atoms with van der Waals surface area (Å²) in [6.45, 7) is 0.529. The van der Waals surface area contributed by atoms with E-state index in [4.69, 9.17) is 0 Å². The Hall–Kier alpha value is -0.760. The van der Waals surface area contributed by atoms with E-state index in [2.05, 4.69) is 36.8 Å². The molecule has 0 radical (unpaired) electrons. The zero-order valence-corrected chi connectivity index (χ0v) is 15.6. The highest BCUT2D eigenvalue weighted by Gasteiger charge is 2.37. The maximum atomic E-state index is 13.0. The van der Waals surface area contributed by atoms with Crippen LogP contribution in [0.4, 0.5) is 0 Å². The van der Waals surface area contributed by atoms with Gasteiger partial charge in [-0.1, -0.05) is 22.0 Å². The van der Waals surface area contributed by atoms with Gasteiger partial charge in [0.2, 0.25) is 10.0 Å². The van der Waals surface area contributed by atoms with E-state index in [1.165, 1.54) is 0 Å². The van der Waals surface area contributed by atoms with E-state index in [1.54, 1.807) is 28.8 Å². The lowest BCUT2D eigenvalue weighted by Crippen LogP contribution is -2.31. The summed E-state index contributed by atoms with van der Waals surface area (Å²) in [6, 6.07) is 8.81. The molecule has 1 aliphatic heterocycles. The van der Waals surface area contributed by atoms with E-state index in [9.17, 15) is 8.42 Å². The quantitative estimate of drug-likeness (QED) is 0.713. The minimum absolute atomic E-state index is 0.149. The third-order valence-corrected chi connectivity index (χ3v) is 7.15. The number of rotatable bonds is 3. The minimum atomic E-state index is -3.56. The van der Waals surface area contributed by atoms with Gasteiger partial charge in [-0.05, 0) is 58.6 Å². The van der Waals surface area contributed by atoms with Crippen molar-refractivity contribution in [1.82, 2.24) is 9.29 Å². The highest BCUT2D eigenvalue weighted by atomic mass is 79.9. The molecule has 0 amide bonds. The molecule has 0 unspecified atom stereocenters. The van der Waals surface area contributed by atoms with E-state index in [0.717, 1.165) is 22.9 Å². The van der Waals surface area contributed by atoms with Crippen LogP contribution in [0.5, 0.6) is 0 Å². The summed E-state index contributed by atoms with van der Waals surface area (Å²) >= 11 is 6.69. The molecule has 0 spiro atoms. The number of pyridine rings is 1. The molecule has 1 saturated heterocycles. The Bertz CT molecular complexity index is 781. The maximum absolute atomic E-state index is 13.0. The first kappa shape index (κ1) is 16.1. The summed E-state index contributed by atoms with van der Waals surface area (Å²) in [7, 11) is -3.56. The van der Waals surface area contributed by atoms with E-state index in [-0.39, 0.29) is 10.9 Å². The summed E-state index contributed by atoms with van der Waals surface area (Å²) in [6.07, 6.45) is 5.11. The van der Waals surface area contributed by atoms with Gasteiger partial charge >= 0.3 is 0 Å². The van der Waals surface area contributed by atoms with Gasteiger partial charge in [-0.2, -0.15) is 4.31 Å². The van der Waals surface area contributed by atoms with E-state index >= 15 is 0 Å². The largest absolute Gasteiger partial charge is 0.264 e. The lowest BCUT2D eigenvalue weighted by atomic mass is 10.1. The smallest absolute Gasteiger partial charge is 0.244 e. The Kier molecular flexibility index (Phi) is 4.68. The van der Waals surface area contributed by atoms with Crippen molar-refractivity contribution in [3.8, 4) is 0 Å². The summed E-state index contributed by atoms with van der Waals surface area (Å²) in [4.78, 5) is 4.40. The van der Waals surface area contributed by atoms with Crippen LogP contribution in [-0.2, 0) is 10.0 Å². The van der Waals surface area contributed by atoms with Crippen LogP contribution in [0, 0.1) is 0 Å². The average Bonchev–Trinajstić information content (AvgIpc) is 3.01. The molecule has 0 bridgehead atoms. The molecule has 3 rings (SSSR count). The van der Waals surface area contributed by atoms with Crippen LogP contribution in [0.15, 0.2) is 56.6 Å². The summed E-state index contributed by atoms with van der Waals surface area (Å²) in [5.74, 6) is 0. The predicted molar refractivity (Wildman–Crippen MR) is 91.9 cm³/mol. The van der Waals surface area contributed by atoms with Gasteiger partial charge in [-0.3, -0.25) is 4.98 Å². The summed E-state index contributed by atoms with van der Waals surface area (Å²) in [5.41, 5.74) is 0.940. The lowest BCUT2D eigenvalue weighted by Gasteiger charge is -2.24. The number of sulfonamides is 1. The van der Waals surface area contributed by atoms with Gasteiger partial charge in [-0.15, -0.1) is 0 Å². The lowest BCUT2D eigenvalue weighted by molar-refractivity contribution is 0.396. The van der Waals surface area contributed by atoms with Gasteiger partial charge in [0.1, 0.15) is 0 Å². The van der Waals surface area contributed by atoms with Crippen LogP contribution in [0.3, 0.4) is 0 Å². The van der Waals surface area contributed by atoms with Crippen molar-refractivity contribution in [2.24, 2.45) is 0 Å². The standard InChI is InChI=1S/C15H14Br2N2O2S/c16-12-5-6-13(17)15(9-12)22(20,21)19-8-2-4-14(19)11-3-1-7-18-10-11/h1,3,5-7,9-10,14H,2,4,8H2/t14-/m1/s1. The number of hydrogen-bond acceptors (Lipinski definition) is 3. The molecule has 1 aromatic carbocycles. The van der Waals surface area contributed by atoms with Crippen LogP contribution >= 0.6 is 31.9 Å². The number of hydrogen-bond donors (Lipinski definition) is 0. The fraction of sp³-hybridized carbons (Fsp3) is 0.267. The van der Waals surface area contributed by atoms with Crippen LogP contribution in [-0.4, -0.2) is 24.3 Å². The molecule has 1 aromatic heterocycles. The van der Waals surface area contributed by atoms with Crippen molar-refractivity contribution in [3.63, 3.8) is 0 Å². The van der Waals surface area contributed by atoms with E-state index in [1.807, 2.05) is 18.2 Å². The number of nitrogens with zero attached hydrogens (tertiary/aromatic N) is 2. The zero-order valence-electron chi connectivity index (χ0n) is 11.6. The monoisotopic (exact) mass is 444 g/mol. The second-order valence-corrected chi connectivity index (χ2v) is 8.76. The van der Waals surface area contributed by atoms with Crippen molar-refractivity contribution in [2.75, 3.05) is 6.54 Å². The molecule has 4 nitrogen and oxygen atoms in total. The van der Waals surface area contributed by atoms with Gasteiger partial charge in [0.25, 0.3) is 0 Å². The highest BCUT2D eigenvalue weighted by molar-refractivity contribution is 9.11. The van der Waals surface area contributed by atoms with E-state index < -0.39 is 10.0 Å². The highest BCUT2D eigenvalue weighted by Crippen LogP contribution is 2.38. The molecule has 7 heteroatoms. The maximum Gasteiger partial charge on any atom is 0.244 e. The van der Waals surface area contributed by atoms with Gasteiger partial charge in [0.05, 0.1) is 10.9 Å². The molecule has 0 saturated carbocycles. The fourth-order valence-corrected chi connectivity index (χ4v) is 5.88. The van der Waals surface area contributed by atoms with Crippen molar-refractivity contribution < 1.29 is 8.42 Å². The van der Waals surface area contributed by atoms with Gasteiger partial charge < -0.3 is 0 Å². The summed E-state index contributed by atoms with van der Waals surface area (Å²) in [5, 5.41) is 0. The normalized spacial score (nSPS) is 19.5. The number of benzene rings is 1. The number of aromatic nitrogens is 1. The molecule has 0 N–H and O–H groups in total. The van der Waals surface area contributed by atoms with Crippen LogP contribution in [0.25, 0.3) is 0 Å². The van der Waals surface area contributed by atoms with Crippen LogP contribution in [0.1, 0.15) is 24.4 Å². The Balaban J connectivity index is 2.03. The molecule has 116 valence electrons. The van der Waals surface area contributed by atoms with Gasteiger partial charge in [0, 0.05) is 27.9 Å². The van der Waals surface area contributed by atoms with Crippen molar-refractivity contribution in [3.05, 3.63) is 57.2 Å². The third-order valence-electron chi connectivity index (χ3n) is 3.75. The molecular formula is C15H14Br2N2O2S. The molecule has 2 aromatic rings. The topological polar surface area (TPSA) is 50.3 Å². The first-order chi connectivity index (χ1) is 10.5. The Morgan fingerprint density at radius 2 is 2.05 bits per heavy atom. The fourth-order valence-electron chi connectivity index (χ4n) is 2.74. The predicted octanol–water partition coefficient (Wildman–Crippen LogP) is 4.13.